The fourth-order valence-electron chi connectivity index (χ4n) is 0.995. The Balaban J connectivity index is 2.73. The molecule has 0 saturated heterocycles. The van der Waals surface area contributed by atoms with Gasteiger partial charge < -0.3 is 10.3 Å². The summed E-state index contributed by atoms with van der Waals surface area (Å²) in [5, 5.41) is 0.631. The van der Waals surface area contributed by atoms with E-state index < -0.39 is 0 Å². The van der Waals surface area contributed by atoms with Crippen LogP contribution in [0.2, 0.25) is 0 Å². The number of hydrogen-bond acceptors (Lipinski definition) is 2. The fraction of sp³-hybridized carbons (Fsp3) is 0.143. The van der Waals surface area contributed by atoms with Gasteiger partial charge in [0.05, 0.1) is 0 Å². The number of hydrogen-bond donors (Lipinski definition) is 1. The summed E-state index contributed by atoms with van der Waals surface area (Å²) >= 11 is 1.51. The second-order valence-corrected chi connectivity index (χ2v) is 3.47. The molecule has 0 aromatic rings. The van der Waals surface area contributed by atoms with Gasteiger partial charge in [-0.2, -0.15) is 4.98 Å². The standard InChI is InChI=1S/C7H8N3S/c1-10-3-2-6-5(4-10)9-7(8)11-6/h2-4H,1H3,(H2,8,9)/q+1. The van der Waals surface area contributed by atoms with Crippen LogP contribution in [0.5, 0.6) is 0 Å². The molecule has 3 nitrogen and oxygen atoms in total. The monoisotopic (exact) mass is 166 g/mol. The Morgan fingerprint density at radius 3 is 3.27 bits per heavy atom. The molecular formula is C7H8N3S+. The van der Waals surface area contributed by atoms with E-state index in [-0.39, 0.29) is 0 Å². The number of nitrogens with zero attached hydrogens (tertiary/aromatic N) is 2. The molecule has 0 unspecified atom stereocenters. The molecule has 2 aliphatic heterocycles. The SMILES string of the molecule is Cn1ccc2[s+]c(N)nc-2c1. The molecule has 2 aliphatic rings. The molecule has 2 rings (SSSR count). The highest BCUT2D eigenvalue weighted by Crippen LogP contribution is 2.28. The van der Waals surface area contributed by atoms with E-state index in [2.05, 4.69) is 4.98 Å². The lowest BCUT2D eigenvalue weighted by atomic mass is 10.3. The minimum atomic E-state index is 0.631. The van der Waals surface area contributed by atoms with Gasteiger partial charge in [0, 0.05) is 25.5 Å². The van der Waals surface area contributed by atoms with Crippen LogP contribution in [0.3, 0.4) is 0 Å². The van der Waals surface area contributed by atoms with Crippen LogP contribution in [0, 0.1) is 0 Å². The summed E-state index contributed by atoms with van der Waals surface area (Å²) in [5.41, 5.74) is 6.51. The normalized spacial score (nSPS) is 10.6. The highest BCUT2D eigenvalue weighted by molar-refractivity contribution is 7.18. The van der Waals surface area contributed by atoms with Crippen LogP contribution < -0.4 is 5.73 Å². The first-order chi connectivity index (χ1) is 5.25. The number of nitrogens with two attached hydrogens (primary N) is 1. The maximum absolute atomic E-state index is 5.54. The average molecular weight is 166 g/mol. The van der Waals surface area contributed by atoms with E-state index in [9.17, 15) is 0 Å². The topological polar surface area (TPSA) is 43.8 Å². The van der Waals surface area contributed by atoms with E-state index in [1.165, 1.54) is 11.3 Å². The summed E-state index contributed by atoms with van der Waals surface area (Å²) in [6.45, 7) is 0. The smallest absolute Gasteiger partial charge is 0.355 e. The van der Waals surface area contributed by atoms with E-state index in [0.717, 1.165) is 10.6 Å². The van der Waals surface area contributed by atoms with Crippen LogP contribution in [0.1, 0.15) is 0 Å². The molecule has 2 N–H and O–H groups in total. The van der Waals surface area contributed by atoms with Crippen molar-refractivity contribution in [3.63, 3.8) is 0 Å². The van der Waals surface area contributed by atoms with Crippen molar-refractivity contribution in [2.75, 3.05) is 5.73 Å². The maximum Gasteiger partial charge on any atom is 0.395 e. The number of rotatable bonds is 0. The van der Waals surface area contributed by atoms with Gasteiger partial charge >= 0.3 is 5.13 Å². The Labute approximate surface area is 68.5 Å². The molecule has 0 aliphatic carbocycles. The summed E-state index contributed by atoms with van der Waals surface area (Å²) in [6.07, 6.45) is 3.95. The second-order valence-electron chi connectivity index (χ2n) is 2.41. The zero-order chi connectivity index (χ0) is 7.84. The van der Waals surface area contributed by atoms with Gasteiger partial charge in [-0.25, -0.2) is 0 Å². The number of thiazole rings is 1. The molecule has 0 aromatic heterocycles. The fourth-order valence-corrected chi connectivity index (χ4v) is 1.70. The van der Waals surface area contributed by atoms with Crippen molar-refractivity contribution in [3.05, 3.63) is 18.5 Å². The third-order valence-corrected chi connectivity index (χ3v) is 2.35. The quantitative estimate of drug-likeness (QED) is 0.602. The van der Waals surface area contributed by atoms with Gasteiger partial charge in [0.15, 0.2) is 5.69 Å². The van der Waals surface area contributed by atoms with Crippen LogP contribution in [0.4, 0.5) is 5.13 Å². The molecule has 0 amide bonds. The molecule has 0 bridgehead atoms. The van der Waals surface area contributed by atoms with Gasteiger partial charge in [0.25, 0.3) is 16.2 Å². The number of aromatic nitrogens is 2. The summed E-state index contributed by atoms with van der Waals surface area (Å²) in [5.74, 6) is 0. The van der Waals surface area contributed by atoms with Crippen molar-refractivity contribution in [3.8, 4) is 10.6 Å². The Morgan fingerprint density at radius 2 is 2.45 bits per heavy atom. The number of anilines is 1. The van der Waals surface area contributed by atoms with E-state index in [4.69, 9.17) is 5.73 Å². The Morgan fingerprint density at radius 1 is 1.64 bits per heavy atom. The van der Waals surface area contributed by atoms with Crippen molar-refractivity contribution in [1.82, 2.24) is 9.55 Å². The van der Waals surface area contributed by atoms with E-state index in [1.54, 1.807) is 0 Å². The van der Waals surface area contributed by atoms with Gasteiger partial charge in [0.2, 0.25) is 0 Å². The van der Waals surface area contributed by atoms with Crippen molar-refractivity contribution >= 4 is 16.5 Å². The lowest BCUT2D eigenvalue weighted by Crippen LogP contribution is -1.89. The highest BCUT2D eigenvalue weighted by atomic mass is 32.1. The van der Waals surface area contributed by atoms with Gasteiger partial charge in [-0.3, -0.25) is 0 Å². The van der Waals surface area contributed by atoms with Crippen LogP contribution >= 0.6 is 11.3 Å². The van der Waals surface area contributed by atoms with E-state index >= 15 is 0 Å². The van der Waals surface area contributed by atoms with Crippen LogP contribution in [0.15, 0.2) is 18.5 Å². The molecule has 2 heterocycles. The molecule has 0 aromatic carbocycles. The summed E-state index contributed by atoms with van der Waals surface area (Å²) in [4.78, 5) is 5.29. The molecule has 0 saturated carbocycles. The van der Waals surface area contributed by atoms with Gasteiger partial charge in [-0.1, -0.05) is 0 Å². The largest absolute Gasteiger partial charge is 0.395 e. The van der Waals surface area contributed by atoms with Crippen LogP contribution in [0.25, 0.3) is 10.6 Å². The Hall–Kier alpha value is -1.16. The van der Waals surface area contributed by atoms with Crippen molar-refractivity contribution < 1.29 is 0 Å². The molecule has 0 radical (unpaired) electrons. The van der Waals surface area contributed by atoms with Crippen molar-refractivity contribution in [2.45, 2.75) is 0 Å². The summed E-state index contributed by atoms with van der Waals surface area (Å²) < 4.78 is 1.96. The van der Waals surface area contributed by atoms with Gasteiger partial charge in [-0.15, -0.1) is 0 Å². The molecular weight excluding hydrogens is 158 g/mol. The minimum Gasteiger partial charge on any atom is -0.355 e. The van der Waals surface area contributed by atoms with E-state index in [1.807, 2.05) is 30.1 Å². The van der Waals surface area contributed by atoms with Crippen molar-refractivity contribution in [1.29, 1.82) is 0 Å². The lowest BCUT2D eigenvalue weighted by molar-refractivity contribution is 0.902. The molecule has 11 heavy (non-hydrogen) atoms. The van der Waals surface area contributed by atoms with Crippen LogP contribution in [-0.4, -0.2) is 9.55 Å². The second kappa shape index (κ2) is 2.17. The lowest BCUT2D eigenvalue weighted by Gasteiger charge is -1.94. The third-order valence-electron chi connectivity index (χ3n) is 1.48. The van der Waals surface area contributed by atoms with Crippen LogP contribution in [-0.2, 0) is 7.05 Å². The molecule has 56 valence electrons. The zero-order valence-corrected chi connectivity index (χ0v) is 6.93. The summed E-state index contributed by atoms with van der Waals surface area (Å²) in [7, 11) is 1.97. The predicted octanol–water partition coefficient (Wildman–Crippen LogP) is 1.45. The minimum absolute atomic E-state index is 0.631. The number of aryl methyl sites for hydroxylation is 1. The van der Waals surface area contributed by atoms with E-state index in [0.29, 0.717) is 5.13 Å². The third kappa shape index (κ3) is 1.05. The highest BCUT2D eigenvalue weighted by Gasteiger charge is 2.20. The van der Waals surface area contributed by atoms with Gasteiger partial charge in [0.1, 0.15) is 0 Å². The number of pyridine rings is 1. The Kier molecular flexibility index (Phi) is 1.29. The molecule has 0 atom stereocenters. The first kappa shape index (κ1) is 6.54. The first-order valence-corrected chi connectivity index (χ1v) is 4.08. The maximum atomic E-state index is 5.54. The summed E-state index contributed by atoms with van der Waals surface area (Å²) in [6, 6.07) is 2.02. The van der Waals surface area contributed by atoms with Gasteiger partial charge in [-0.05, 0) is 0 Å². The average Bonchev–Trinajstić information content (AvgIpc) is 2.27. The predicted molar refractivity (Wildman–Crippen MR) is 46.5 cm³/mol. The molecule has 0 spiro atoms. The zero-order valence-electron chi connectivity index (χ0n) is 6.11. The van der Waals surface area contributed by atoms with Crippen molar-refractivity contribution in [2.24, 2.45) is 7.05 Å². The molecule has 0 fully saturated rings. The number of fused-ring (bicyclic) bond motifs is 1. The Bertz CT molecular complexity index is 355. The number of nitrogen functional groups attached to an aromatic ring is 1. The first-order valence-electron chi connectivity index (χ1n) is 3.27. The molecule has 4 heteroatoms.